The van der Waals surface area contributed by atoms with Crippen LogP contribution in [-0.2, 0) is 19.4 Å². The molecule has 0 radical (unpaired) electrons. The van der Waals surface area contributed by atoms with E-state index in [1.807, 2.05) is 18.2 Å². The molecule has 2 aromatic rings. The third-order valence-corrected chi connectivity index (χ3v) is 4.39. The lowest BCUT2D eigenvalue weighted by Crippen LogP contribution is -2.30. The van der Waals surface area contributed by atoms with E-state index in [1.165, 1.54) is 0 Å². The number of hydrogen-bond donors (Lipinski definition) is 2. The van der Waals surface area contributed by atoms with Crippen LogP contribution >= 0.6 is 0 Å². The van der Waals surface area contributed by atoms with Gasteiger partial charge in [0.1, 0.15) is 18.8 Å². The SMILES string of the molecule is O=C(NCc1ccc2c(c1)OCCO2)c1cc2c([nH]c1=O)CCC2. The van der Waals surface area contributed by atoms with Gasteiger partial charge in [-0.1, -0.05) is 6.07 Å². The van der Waals surface area contributed by atoms with E-state index in [2.05, 4.69) is 10.3 Å². The van der Waals surface area contributed by atoms with Crippen molar-refractivity contribution in [3.63, 3.8) is 0 Å². The van der Waals surface area contributed by atoms with Gasteiger partial charge in [-0.15, -0.1) is 0 Å². The summed E-state index contributed by atoms with van der Waals surface area (Å²) >= 11 is 0. The Labute approximate surface area is 138 Å². The zero-order chi connectivity index (χ0) is 16.5. The Morgan fingerprint density at radius 1 is 1.12 bits per heavy atom. The molecule has 2 N–H and O–H groups in total. The second-order valence-electron chi connectivity index (χ2n) is 6.03. The molecule has 0 unspecified atom stereocenters. The highest BCUT2D eigenvalue weighted by Crippen LogP contribution is 2.30. The molecule has 0 atom stereocenters. The summed E-state index contributed by atoms with van der Waals surface area (Å²) < 4.78 is 11.0. The zero-order valence-electron chi connectivity index (χ0n) is 13.2. The van der Waals surface area contributed by atoms with Crippen molar-refractivity contribution >= 4 is 5.91 Å². The number of benzene rings is 1. The molecule has 24 heavy (non-hydrogen) atoms. The Bertz CT molecular complexity index is 857. The van der Waals surface area contributed by atoms with Gasteiger partial charge in [-0.25, -0.2) is 0 Å². The number of ether oxygens (including phenoxy) is 2. The number of amides is 1. The Hall–Kier alpha value is -2.76. The summed E-state index contributed by atoms with van der Waals surface area (Å²) in [6, 6.07) is 7.28. The van der Waals surface area contributed by atoms with Crippen molar-refractivity contribution in [1.29, 1.82) is 0 Å². The lowest BCUT2D eigenvalue weighted by atomic mass is 10.1. The molecule has 1 aliphatic carbocycles. The second kappa shape index (κ2) is 6.03. The van der Waals surface area contributed by atoms with Gasteiger partial charge < -0.3 is 19.8 Å². The first-order valence-corrected chi connectivity index (χ1v) is 8.12. The Balaban J connectivity index is 1.48. The lowest BCUT2D eigenvalue weighted by Gasteiger charge is -2.19. The quantitative estimate of drug-likeness (QED) is 0.897. The third-order valence-electron chi connectivity index (χ3n) is 4.39. The zero-order valence-corrected chi connectivity index (χ0v) is 13.2. The van der Waals surface area contributed by atoms with Gasteiger partial charge >= 0.3 is 0 Å². The molecular weight excluding hydrogens is 308 g/mol. The Kier molecular flexibility index (Phi) is 3.72. The average molecular weight is 326 g/mol. The van der Waals surface area contributed by atoms with Crippen LogP contribution in [0.25, 0.3) is 0 Å². The van der Waals surface area contributed by atoms with E-state index < -0.39 is 0 Å². The Morgan fingerprint density at radius 3 is 2.83 bits per heavy atom. The number of carbonyl (C=O) groups excluding carboxylic acids is 1. The maximum absolute atomic E-state index is 12.3. The van der Waals surface area contributed by atoms with E-state index >= 15 is 0 Å². The van der Waals surface area contributed by atoms with Gasteiger partial charge in [0.2, 0.25) is 0 Å². The van der Waals surface area contributed by atoms with Gasteiger partial charge in [-0.3, -0.25) is 9.59 Å². The fraction of sp³-hybridized carbons (Fsp3) is 0.333. The molecule has 0 saturated heterocycles. The van der Waals surface area contributed by atoms with Crippen molar-refractivity contribution in [2.45, 2.75) is 25.8 Å². The van der Waals surface area contributed by atoms with E-state index in [4.69, 9.17) is 9.47 Å². The first kappa shape index (κ1) is 14.8. The maximum atomic E-state index is 12.3. The van der Waals surface area contributed by atoms with Crippen molar-refractivity contribution in [2.75, 3.05) is 13.2 Å². The summed E-state index contributed by atoms with van der Waals surface area (Å²) in [5, 5.41) is 2.80. The van der Waals surface area contributed by atoms with E-state index in [0.29, 0.717) is 31.3 Å². The number of aromatic nitrogens is 1. The van der Waals surface area contributed by atoms with Crippen LogP contribution in [0.1, 0.15) is 33.6 Å². The smallest absolute Gasteiger partial charge is 0.261 e. The van der Waals surface area contributed by atoms with Gasteiger partial charge in [0.05, 0.1) is 0 Å². The highest BCUT2D eigenvalue weighted by atomic mass is 16.6. The van der Waals surface area contributed by atoms with Gasteiger partial charge in [0, 0.05) is 12.2 Å². The number of aryl methyl sites for hydroxylation is 2. The van der Waals surface area contributed by atoms with E-state index in [0.717, 1.165) is 36.1 Å². The largest absolute Gasteiger partial charge is 0.486 e. The number of pyridine rings is 1. The van der Waals surface area contributed by atoms with Crippen LogP contribution < -0.4 is 20.3 Å². The summed E-state index contributed by atoms with van der Waals surface area (Å²) in [6.45, 7) is 1.39. The highest BCUT2D eigenvalue weighted by molar-refractivity contribution is 5.94. The number of rotatable bonds is 3. The number of carbonyl (C=O) groups is 1. The third kappa shape index (κ3) is 2.75. The van der Waals surface area contributed by atoms with E-state index in [9.17, 15) is 9.59 Å². The van der Waals surface area contributed by atoms with E-state index in [-0.39, 0.29) is 17.0 Å². The Morgan fingerprint density at radius 2 is 1.96 bits per heavy atom. The predicted molar refractivity (Wildman–Crippen MR) is 87.7 cm³/mol. The minimum Gasteiger partial charge on any atom is -0.486 e. The monoisotopic (exact) mass is 326 g/mol. The molecule has 6 nitrogen and oxygen atoms in total. The maximum Gasteiger partial charge on any atom is 0.261 e. The molecule has 2 heterocycles. The van der Waals surface area contributed by atoms with Gasteiger partial charge in [-0.2, -0.15) is 0 Å². The standard InChI is InChI=1S/C18H18N2O4/c21-17(13-9-12-2-1-3-14(12)20-18(13)22)19-10-11-4-5-15-16(8-11)24-7-6-23-15/h4-5,8-9H,1-3,6-7,10H2,(H,19,21)(H,20,22). The fourth-order valence-corrected chi connectivity index (χ4v) is 3.16. The molecule has 0 fully saturated rings. The molecule has 1 aliphatic heterocycles. The van der Waals surface area contributed by atoms with Gasteiger partial charge in [-0.05, 0) is 48.6 Å². The van der Waals surface area contributed by atoms with Crippen molar-refractivity contribution in [1.82, 2.24) is 10.3 Å². The molecule has 124 valence electrons. The number of nitrogens with one attached hydrogen (secondary N) is 2. The minimum atomic E-state index is -0.360. The van der Waals surface area contributed by atoms with Crippen LogP contribution in [0.3, 0.4) is 0 Å². The molecular formula is C18H18N2O4. The normalized spacial score (nSPS) is 15.0. The molecule has 0 saturated carbocycles. The van der Waals surface area contributed by atoms with Crippen LogP contribution in [-0.4, -0.2) is 24.1 Å². The summed E-state index contributed by atoms with van der Waals surface area (Å²) in [4.78, 5) is 27.2. The molecule has 1 aromatic heterocycles. The van der Waals surface area contributed by atoms with Crippen molar-refractivity contribution in [3.05, 3.63) is 57.0 Å². The molecule has 1 amide bonds. The first-order chi connectivity index (χ1) is 11.7. The predicted octanol–water partition coefficient (Wildman–Crippen LogP) is 1.56. The van der Waals surface area contributed by atoms with Crippen LogP contribution in [0.15, 0.2) is 29.1 Å². The summed E-state index contributed by atoms with van der Waals surface area (Å²) in [6.07, 6.45) is 2.81. The summed E-state index contributed by atoms with van der Waals surface area (Å²) in [7, 11) is 0. The molecule has 1 aromatic carbocycles. The molecule has 2 aliphatic rings. The van der Waals surface area contributed by atoms with E-state index in [1.54, 1.807) is 6.07 Å². The summed E-state index contributed by atoms with van der Waals surface area (Å²) in [5.74, 6) is 1.04. The molecule has 6 heteroatoms. The van der Waals surface area contributed by atoms with Crippen molar-refractivity contribution < 1.29 is 14.3 Å². The first-order valence-electron chi connectivity index (χ1n) is 8.12. The molecule has 0 bridgehead atoms. The van der Waals surface area contributed by atoms with Crippen LogP contribution in [0, 0.1) is 0 Å². The number of hydrogen-bond acceptors (Lipinski definition) is 4. The summed E-state index contributed by atoms with van der Waals surface area (Å²) in [5.41, 5.74) is 2.77. The van der Waals surface area contributed by atoms with Crippen molar-refractivity contribution in [2.24, 2.45) is 0 Å². The average Bonchev–Trinajstić information content (AvgIpc) is 3.06. The van der Waals surface area contributed by atoms with Gasteiger partial charge in [0.15, 0.2) is 11.5 Å². The fourth-order valence-electron chi connectivity index (χ4n) is 3.16. The number of H-pyrrole nitrogens is 1. The molecule has 0 spiro atoms. The second-order valence-corrected chi connectivity index (χ2v) is 6.03. The van der Waals surface area contributed by atoms with Crippen LogP contribution in [0.4, 0.5) is 0 Å². The van der Waals surface area contributed by atoms with Crippen LogP contribution in [0.5, 0.6) is 11.5 Å². The van der Waals surface area contributed by atoms with Crippen molar-refractivity contribution in [3.8, 4) is 11.5 Å². The van der Waals surface area contributed by atoms with Crippen LogP contribution in [0.2, 0.25) is 0 Å². The topological polar surface area (TPSA) is 80.4 Å². The lowest BCUT2D eigenvalue weighted by molar-refractivity contribution is 0.0949. The highest BCUT2D eigenvalue weighted by Gasteiger charge is 2.18. The number of aromatic amines is 1. The number of fused-ring (bicyclic) bond motifs is 2. The van der Waals surface area contributed by atoms with Gasteiger partial charge in [0.25, 0.3) is 11.5 Å². The minimum absolute atomic E-state index is 0.174. The molecule has 4 rings (SSSR count).